The van der Waals surface area contributed by atoms with Crippen molar-refractivity contribution in [1.29, 1.82) is 0 Å². The standard InChI is InChI=1S/C27H31N5O.ClH/c33-26-8-2-20-17-21(1-7-24(20)26)25-18-32(30-27(25)19-9-11-28-12-10-19)23-5-3-22(4-6-23)31-15-13-29-14-16-31;/h1,7,9-12,17-18,22-23,29H,2-6,8,13-16H2;1H. The van der Waals surface area contributed by atoms with Crippen molar-refractivity contribution >= 4 is 18.2 Å². The highest BCUT2D eigenvalue weighted by atomic mass is 35.5. The van der Waals surface area contributed by atoms with Gasteiger partial charge in [0.1, 0.15) is 5.69 Å². The molecule has 0 atom stereocenters. The molecule has 1 N–H and O–H groups in total. The third kappa shape index (κ3) is 4.42. The Morgan fingerprint density at radius 2 is 1.59 bits per heavy atom. The number of carbonyl (C=O) groups is 1. The number of nitrogens with one attached hydrogen (secondary N) is 1. The monoisotopic (exact) mass is 477 g/mol. The van der Waals surface area contributed by atoms with E-state index in [2.05, 4.69) is 38.2 Å². The number of benzene rings is 1. The van der Waals surface area contributed by atoms with Crippen molar-refractivity contribution in [2.24, 2.45) is 0 Å². The second-order valence-electron chi connectivity index (χ2n) is 9.65. The molecule has 178 valence electrons. The number of ketones is 1. The molecule has 6 rings (SSSR count). The van der Waals surface area contributed by atoms with Crippen molar-refractivity contribution in [1.82, 2.24) is 25.0 Å². The summed E-state index contributed by atoms with van der Waals surface area (Å²) in [6.07, 6.45) is 12.2. The molecular weight excluding hydrogens is 446 g/mol. The van der Waals surface area contributed by atoms with Crippen LogP contribution in [-0.4, -0.2) is 57.7 Å². The molecule has 2 fully saturated rings. The van der Waals surface area contributed by atoms with E-state index in [4.69, 9.17) is 5.10 Å². The number of piperazine rings is 1. The summed E-state index contributed by atoms with van der Waals surface area (Å²) in [6.45, 7) is 4.58. The molecule has 6 nitrogen and oxygen atoms in total. The Bertz CT molecular complexity index is 1150. The molecule has 0 spiro atoms. The summed E-state index contributed by atoms with van der Waals surface area (Å²) in [4.78, 5) is 19.0. The average molecular weight is 478 g/mol. The summed E-state index contributed by atoms with van der Waals surface area (Å²) < 4.78 is 2.22. The van der Waals surface area contributed by atoms with Gasteiger partial charge in [-0.3, -0.25) is 19.4 Å². The summed E-state index contributed by atoms with van der Waals surface area (Å²) in [5.74, 6) is 0.267. The lowest BCUT2D eigenvalue weighted by Gasteiger charge is -2.39. The number of hydrogen-bond acceptors (Lipinski definition) is 5. The van der Waals surface area contributed by atoms with Crippen molar-refractivity contribution in [3.8, 4) is 22.4 Å². The van der Waals surface area contributed by atoms with Gasteiger partial charge in [0, 0.05) is 73.9 Å². The zero-order chi connectivity index (χ0) is 22.2. The van der Waals surface area contributed by atoms with E-state index in [1.54, 1.807) is 0 Å². The number of fused-ring (bicyclic) bond motifs is 1. The molecule has 0 bridgehead atoms. The van der Waals surface area contributed by atoms with E-state index in [1.165, 1.54) is 44.3 Å². The smallest absolute Gasteiger partial charge is 0.163 e. The fourth-order valence-electron chi connectivity index (χ4n) is 5.87. The van der Waals surface area contributed by atoms with Crippen LogP contribution in [0.25, 0.3) is 22.4 Å². The normalized spacial score (nSPS) is 22.9. The van der Waals surface area contributed by atoms with E-state index < -0.39 is 0 Å². The van der Waals surface area contributed by atoms with Gasteiger partial charge in [-0.15, -0.1) is 12.4 Å². The number of nitrogens with zero attached hydrogens (tertiary/aromatic N) is 4. The van der Waals surface area contributed by atoms with E-state index in [-0.39, 0.29) is 18.2 Å². The minimum atomic E-state index is 0. The van der Waals surface area contributed by atoms with Crippen LogP contribution in [-0.2, 0) is 6.42 Å². The topological polar surface area (TPSA) is 63.1 Å². The predicted molar refractivity (Wildman–Crippen MR) is 137 cm³/mol. The van der Waals surface area contributed by atoms with Crippen LogP contribution in [0.5, 0.6) is 0 Å². The minimum absolute atomic E-state index is 0. The highest BCUT2D eigenvalue weighted by molar-refractivity contribution is 6.01. The number of carbonyl (C=O) groups excluding carboxylic acids is 1. The second kappa shape index (κ2) is 9.98. The van der Waals surface area contributed by atoms with Crippen LogP contribution in [0.4, 0.5) is 0 Å². The van der Waals surface area contributed by atoms with Crippen molar-refractivity contribution < 1.29 is 4.79 Å². The van der Waals surface area contributed by atoms with E-state index >= 15 is 0 Å². The first-order valence-corrected chi connectivity index (χ1v) is 12.4. The Kier molecular flexibility index (Phi) is 6.82. The minimum Gasteiger partial charge on any atom is -0.314 e. The summed E-state index contributed by atoms with van der Waals surface area (Å²) >= 11 is 0. The number of halogens is 1. The largest absolute Gasteiger partial charge is 0.314 e. The van der Waals surface area contributed by atoms with Crippen molar-refractivity contribution in [2.75, 3.05) is 26.2 Å². The maximum absolute atomic E-state index is 12.1. The third-order valence-electron chi connectivity index (χ3n) is 7.73. The summed E-state index contributed by atoms with van der Waals surface area (Å²) in [6, 6.07) is 11.5. The van der Waals surface area contributed by atoms with Gasteiger partial charge in [-0.1, -0.05) is 18.2 Å². The second-order valence-corrected chi connectivity index (χ2v) is 9.65. The van der Waals surface area contributed by atoms with Crippen LogP contribution < -0.4 is 5.32 Å². The lowest BCUT2D eigenvalue weighted by atomic mass is 9.90. The van der Waals surface area contributed by atoms with Crippen LogP contribution in [0.3, 0.4) is 0 Å². The van der Waals surface area contributed by atoms with Gasteiger partial charge in [0.05, 0.1) is 6.04 Å². The molecule has 0 unspecified atom stereocenters. The van der Waals surface area contributed by atoms with Crippen molar-refractivity contribution in [2.45, 2.75) is 50.6 Å². The number of Topliss-reactive ketones (excluding diaryl/α,β-unsaturated/α-hetero) is 1. The Morgan fingerprint density at radius 1 is 0.853 bits per heavy atom. The van der Waals surface area contributed by atoms with E-state index in [1.807, 2.05) is 30.6 Å². The molecule has 1 aliphatic heterocycles. The highest BCUT2D eigenvalue weighted by Gasteiger charge is 2.29. The van der Waals surface area contributed by atoms with Gasteiger partial charge in [0.15, 0.2) is 5.78 Å². The van der Waals surface area contributed by atoms with Gasteiger partial charge >= 0.3 is 0 Å². The number of pyridine rings is 1. The zero-order valence-electron chi connectivity index (χ0n) is 19.4. The molecule has 1 aromatic carbocycles. The van der Waals surface area contributed by atoms with Crippen LogP contribution >= 0.6 is 12.4 Å². The molecule has 0 amide bonds. The Morgan fingerprint density at radius 3 is 2.35 bits per heavy atom. The molecule has 0 radical (unpaired) electrons. The lowest BCUT2D eigenvalue weighted by Crippen LogP contribution is -2.49. The maximum atomic E-state index is 12.1. The fourth-order valence-corrected chi connectivity index (χ4v) is 5.87. The first kappa shape index (κ1) is 23.2. The van der Waals surface area contributed by atoms with Crippen LogP contribution in [0.15, 0.2) is 48.9 Å². The molecule has 34 heavy (non-hydrogen) atoms. The molecule has 2 aromatic heterocycles. The van der Waals surface area contributed by atoms with Gasteiger partial charge < -0.3 is 5.32 Å². The number of aromatic nitrogens is 3. The maximum Gasteiger partial charge on any atom is 0.163 e. The zero-order valence-corrected chi connectivity index (χ0v) is 20.3. The SMILES string of the molecule is Cl.O=C1CCc2cc(-c3cn(C4CCC(N5CCNCC5)CC4)nc3-c3ccncc3)ccc21. The fraction of sp³-hybridized carbons (Fsp3) is 0.444. The number of hydrogen-bond donors (Lipinski definition) is 1. The third-order valence-corrected chi connectivity index (χ3v) is 7.73. The van der Waals surface area contributed by atoms with Gasteiger partial charge in [0.2, 0.25) is 0 Å². The Labute approximate surface area is 207 Å². The molecule has 2 aliphatic carbocycles. The van der Waals surface area contributed by atoms with Crippen LogP contribution in [0.1, 0.15) is 54.1 Å². The summed E-state index contributed by atoms with van der Waals surface area (Å²) in [5.41, 5.74) is 6.45. The molecular formula is C27H32ClN5O. The number of rotatable bonds is 4. The van der Waals surface area contributed by atoms with E-state index in [9.17, 15) is 4.79 Å². The quantitative estimate of drug-likeness (QED) is 0.597. The molecule has 3 heterocycles. The average Bonchev–Trinajstić information content (AvgIpc) is 3.49. The lowest BCUT2D eigenvalue weighted by molar-refractivity contribution is 0.0994. The van der Waals surface area contributed by atoms with Gasteiger partial charge in [-0.05, 0) is 55.4 Å². The summed E-state index contributed by atoms with van der Waals surface area (Å²) in [5, 5.41) is 8.59. The first-order chi connectivity index (χ1) is 16.3. The van der Waals surface area contributed by atoms with Crippen LogP contribution in [0, 0.1) is 0 Å². The van der Waals surface area contributed by atoms with E-state index in [0.29, 0.717) is 18.5 Å². The summed E-state index contributed by atoms with van der Waals surface area (Å²) in [7, 11) is 0. The molecule has 3 aliphatic rings. The number of aryl methyl sites for hydroxylation is 1. The van der Waals surface area contributed by atoms with Crippen molar-refractivity contribution in [3.63, 3.8) is 0 Å². The van der Waals surface area contributed by atoms with Gasteiger partial charge in [0.25, 0.3) is 0 Å². The Balaban J connectivity index is 0.00000241. The molecule has 1 saturated heterocycles. The van der Waals surface area contributed by atoms with E-state index in [0.717, 1.165) is 47.5 Å². The molecule has 3 aromatic rings. The molecule has 1 saturated carbocycles. The van der Waals surface area contributed by atoms with Gasteiger partial charge in [-0.25, -0.2) is 0 Å². The first-order valence-electron chi connectivity index (χ1n) is 12.4. The molecule has 7 heteroatoms. The Hall–Kier alpha value is -2.54. The highest BCUT2D eigenvalue weighted by Crippen LogP contribution is 2.37. The van der Waals surface area contributed by atoms with Gasteiger partial charge in [-0.2, -0.15) is 5.10 Å². The predicted octanol–water partition coefficient (Wildman–Crippen LogP) is 4.55. The van der Waals surface area contributed by atoms with Crippen LogP contribution in [0.2, 0.25) is 0 Å². The van der Waals surface area contributed by atoms with Crippen molar-refractivity contribution in [3.05, 3.63) is 60.0 Å².